The van der Waals surface area contributed by atoms with Crippen molar-refractivity contribution in [2.45, 2.75) is 33.6 Å². The fourth-order valence-corrected chi connectivity index (χ4v) is 3.22. The first-order valence-corrected chi connectivity index (χ1v) is 4.73. The molecule has 1 aliphatic heterocycles. The molecule has 64 valence electrons. The molecule has 2 aliphatic rings. The molecule has 2 rings (SSSR count). The second kappa shape index (κ2) is 2.01. The molecule has 0 aromatic rings. The number of fused-ring (bicyclic) bond motifs is 2. The van der Waals surface area contributed by atoms with Crippen molar-refractivity contribution in [3.05, 3.63) is 0 Å². The van der Waals surface area contributed by atoms with E-state index in [4.69, 9.17) is 0 Å². The van der Waals surface area contributed by atoms with Crippen molar-refractivity contribution >= 4 is 0 Å². The Morgan fingerprint density at radius 2 is 2.00 bits per heavy atom. The number of piperidine rings is 1. The Hall–Kier alpha value is -0.0400. The second-order valence-corrected chi connectivity index (χ2v) is 5.51. The van der Waals surface area contributed by atoms with Gasteiger partial charge in [0.15, 0.2) is 0 Å². The molecular weight excluding hydrogens is 134 g/mol. The normalized spacial score (nSPS) is 47.7. The van der Waals surface area contributed by atoms with E-state index < -0.39 is 0 Å². The Bertz CT molecular complexity index is 171. The fraction of sp³-hybridized carbons (Fsp3) is 1.00. The maximum absolute atomic E-state index is 3.54. The number of nitrogens with one attached hydrogen (secondary N) is 1. The summed E-state index contributed by atoms with van der Waals surface area (Å²) in [6, 6.07) is 0. The van der Waals surface area contributed by atoms with Gasteiger partial charge in [0, 0.05) is 6.54 Å². The Balaban J connectivity index is 2.24. The van der Waals surface area contributed by atoms with Gasteiger partial charge in [0.05, 0.1) is 0 Å². The van der Waals surface area contributed by atoms with Crippen LogP contribution >= 0.6 is 0 Å². The van der Waals surface area contributed by atoms with Crippen LogP contribution in [-0.2, 0) is 0 Å². The lowest BCUT2D eigenvalue weighted by Crippen LogP contribution is -2.37. The van der Waals surface area contributed by atoms with Crippen LogP contribution in [0.4, 0.5) is 0 Å². The molecule has 0 amide bonds. The summed E-state index contributed by atoms with van der Waals surface area (Å²) in [6.45, 7) is 9.78. The van der Waals surface area contributed by atoms with Crippen molar-refractivity contribution in [3.8, 4) is 0 Å². The van der Waals surface area contributed by atoms with Crippen LogP contribution in [0, 0.1) is 16.7 Å². The lowest BCUT2D eigenvalue weighted by Gasteiger charge is -2.30. The summed E-state index contributed by atoms with van der Waals surface area (Å²) in [5.41, 5.74) is 1.21. The highest BCUT2D eigenvalue weighted by atomic mass is 14.9. The summed E-state index contributed by atoms with van der Waals surface area (Å²) in [4.78, 5) is 0. The highest BCUT2D eigenvalue weighted by Gasteiger charge is 2.48. The van der Waals surface area contributed by atoms with E-state index in [-0.39, 0.29) is 0 Å². The maximum atomic E-state index is 3.54. The highest BCUT2D eigenvalue weighted by Crippen LogP contribution is 2.53. The van der Waals surface area contributed by atoms with Crippen LogP contribution < -0.4 is 5.32 Å². The van der Waals surface area contributed by atoms with E-state index in [1.807, 2.05) is 0 Å². The summed E-state index contributed by atoms with van der Waals surface area (Å²) in [5.74, 6) is 0.932. The van der Waals surface area contributed by atoms with Crippen molar-refractivity contribution in [2.75, 3.05) is 13.1 Å². The van der Waals surface area contributed by atoms with Crippen LogP contribution in [-0.4, -0.2) is 13.1 Å². The predicted molar refractivity (Wildman–Crippen MR) is 47.5 cm³/mol. The predicted octanol–water partition coefficient (Wildman–Crippen LogP) is 2.03. The van der Waals surface area contributed by atoms with Crippen LogP contribution in [0.1, 0.15) is 33.6 Å². The zero-order chi connectivity index (χ0) is 8.11. The molecule has 1 saturated heterocycles. The van der Waals surface area contributed by atoms with E-state index in [1.54, 1.807) is 0 Å². The Kier molecular flexibility index (Phi) is 1.39. The smallest absolute Gasteiger partial charge is 0.000560 e. The Labute approximate surface area is 69.6 Å². The van der Waals surface area contributed by atoms with Crippen molar-refractivity contribution in [1.29, 1.82) is 0 Å². The van der Waals surface area contributed by atoms with E-state index in [1.165, 1.54) is 25.9 Å². The minimum absolute atomic E-state index is 0.595. The molecule has 2 fully saturated rings. The molecule has 1 N–H and O–H groups in total. The van der Waals surface area contributed by atoms with E-state index >= 15 is 0 Å². The summed E-state index contributed by atoms with van der Waals surface area (Å²) >= 11 is 0. The number of rotatable bonds is 0. The molecule has 2 atom stereocenters. The van der Waals surface area contributed by atoms with Gasteiger partial charge < -0.3 is 5.32 Å². The van der Waals surface area contributed by atoms with Gasteiger partial charge in [-0.1, -0.05) is 20.8 Å². The minimum Gasteiger partial charge on any atom is -0.316 e. The average molecular weight is 153 g/mol. The van der Waals surface area contributed by atoms with Gasteiger partial charge in [-0.25, -0.2) is 0 Å². The van der Waals surface area contributed by atoms with Crippen molar-refractivity contribution in [2.24, 2.45) is 16.7 Å². The molecule has 0 spiro atoms. The summed E-state index contributed by atoms with van der Waals surface area (Å²) in [6.07, 6.45) is 2.87. The molecule has 2 unspecified atom stereocenters. The van der Waals surface area contributed by atoms with E-state index in [2.05, 4.69) is 26.1 Å². The van der Waals surface area contributed by atoms with Gasteiger partial charge in [-0.05, 0) is 36.1 Å². The lowest BCUT2D eigenvalue weighted by molar-refractivity contribution is 0.244. The monoisotopic (exact) mass is 153 g/mol. The first-order valence-electron chi connectivity index (χ1n) is 4.73. The third-order valence-electron chi connectivity index (χ3n) is 3.67. The van der Waals surface area contributed by atoms with E-state index in [0.29, 0.717) is 10.8 Å². The van der Waals surface area contributed by atoms with Gasteiger partial charge in [0.2, 0.25) is 0 Å². The topological polar surface area (TPSA) is 12.0 Å². The molecular formula is C10H19N. The largest absolute Gasteiger partial charge is 0.316 e. The van der Waals surface area contributed by atoms with Crippen molar-refractivity contribution in [3.63, 3.8) is 0 Å². The van der Waals surface area contributed by atoms with Gasteiger partial charge in [-0.2, -0.15) is 0 Å². The van der Waals surface area contributed by atoms with Gasteiger partial charge in [-0.15, -0.1) is 0 Å². The second-order valence-electron chi connectivity index (χ2n) is 5.51. The first-order chi connectivity index (χ1) is 5.02. The molecule has 0 aromatic carbocycles. The van der Waals surface area contributed by atoms with Crippen LogP contribution in [0.25, 0.3) is 0 Å². The van der Waals surface area contributed by atoms with Crippen LogP contribution in [0.3, 0.4) is 0 Å². The van der Waals surface area contributed by atoms with E-state index in [9.17, 15) is 0 Å². The minimum atomic E-state index is 0.595. The molecule has 1 heteroatoms. The van der Waals surface area contributed by atoms with Gasteiger partial charge >= 0.3 is 0 Å². The molecule has 1 nitrogen and oxygen atoms in total. The van der Waals surface area contributed by atoms with Crippen LogP contribution in [0.5, 0.6) is 0 Å². The highest BCUT2D eigenvalue weighted by molar-refractivity contribution is 5.01. The standard InChI is InChI=1S/C10H19N/c1-9(2)6-10(3)4-8(9)5-11-7-10/h8,11H,4-7H2,1-3H3. The fourth-order valence-electron chi connectivity index (χ4n) is 3.22. The third kappa shape index (κ3) is 1.10. The molecule has 1 heterocycles. The van der Waals surface area contributed by atoms with Gasteiger partial charge in [-0.3, -0.25) is 0 Å². The van der Waals surface area contributed by atoms with Gasteiger partial charge in [0.25, 0.3) is 0 Å². The quantitative estimate of drug-likeness (QED) is 0.561. The van der Waals surface area contributed by atoms with E-state index in [0.717, 1.165) is 5.92 Å². The molecule has 11 heavy (non-hydrogen) atoms. The first kappa shape index (κ1) is 7.60. The third-order valence-corrected chi connectivity index (χ3v) is 3.67. The molecule has 2 bridgehead atoms. The van der Waals surface area contributed by atoms with Crippen molar-refractivity contribution in [1.82, 2.24) is 5.32 Å². The number of hydrogen-bond acceptors (Lipinski definition) is 1. The van der Waals surface area contributed by atoms with Crippen LogP contribution in [0.15, 0.2) is 0 Å². The van der Waals surface area contributed by atoms with Gasteiger partial charge in [0.1, 0.15) is 0 Å². The Morgan fingerprint density at radius 1 is 1.27 bits per heavy atom. The SMILES string of the molecule is CC12CNCC(C1)C(C)(C)C2. The molecule has 1 aliphatic carbocycles. The maximum Gasteiger partial charge on any atom is 0.000560 e. The Morgan fingerprint density at radius 3 is 2.55 bits per heavy atom. The summed E-state index contributed by atoms with van der Waals surface area (Å²) in [5, 5.41) is 3.54. The zero-order valence-corrected chi connectivity index (χ0v) is 7.91. The zero-order valence-electron chi connectivity index (χ0n) is 7.91. The molecule has 0 radical (unpaired) electrons. The lowest BCUT2D eigenvalue weighted by atomic mass is 9.82. The number of hydrogen-bond donors (Lipinski definition) is 1. The van der Waals surface area contributed by atoms with Crippen LogP contribution in [0.2, 0.25) is 0 Å². The molecule has 1 saturated carbocycles. The molecule has 0 aromatic heterocycles. The average Bonchev–Trinajstić information content (AvgIpc) is 1.98. The van der Waals surface area contributed by atoms with Crippen molar-refractivity contribution < 1.29 is 0 Å². The summed E-state index contributed by atoms with van der Waals surface area (Å²) < 4.78 is 0. The summed E-state index contributed by atoms with van der Waals surface area (Å²) in [7, 11) is 0.